The number of carbonyl (C=O) groups excluding carboxylic acids is 1. The molecule has 2 N–H and O–H groups in total. The lowest BCUT2D eigenvalue weighted by molar-refractivity contribution is -0.137. The zero-order valence-corrected chi connectivity index (χ0v) is 9.10. The Morgan fingerprint density at radius 2 is 2.12 bits per heavy atom. The van der Waals surface area contributed by atoms with Gasteiger partial charge in [-0.05, 0) is 19.1 Å². The van der Waals surface area contributed by atoms with Crippen LogP contribution >= 0.6 is 11.8 Å². The molecule has 1 heterocycles. The number of pyridine rings is 1. The van der Waals surface area contributed by atoms with E-state index in [2.05, 4.69) is 4.98 Å². The molecule has 0 spiro atoms. The standard InChI is InChI=1S/C9H9F3N2OS/c1-5(8(13)15)16-7-3-2-6(4-14-7)9(10,11)12/h2-5H,1H3,(H2,13,15). The zero-order chi connectivity index (χ0) is 12.3. The van der Waals surface area contributed by atoms with Crippen LogP contribution < -0.4 is 5.73 Å². The summed E-state index contributed by atoms with van der Waals surface area (Å²) in [6.07, 6.45) is -3.67. The van der Waals surface area contributed by atoms with E-state index in [1.165, 1.54) is 6.07 Å². The largest absolute Gasteiger partial charge is 0.417 e. The monoisotopic (exact) mass is 250 g/mol. The van der Waals surface area contributed by atoms with Crippen molar-refractivity contribution in [2.75, 3.05) is 0 Å². The maximum absolute atomic E-state index is 12.2. The summed E-state index contributed by atoms with van der Waals surface area (Å²) in [5.74, 6) is -0.535. The molecule has 3 nitrogen and oxygen atoms in total. The van der Waals surface area contributed by atoms with Crippen LogP contribution in [-0.4, -0.2) is 16.1 Å². The van der Waals surface area contributed by atoms with Gasteiger partial charge in [-0.15, -0.1) is 0 Å². The number of amides is 1. The summed E-state index contributed by atoms with van der Waals surface area (Å²) < 4.78 is 36.6. The number of carbonyl (C=O) groups is 1. The van der Waals surface area contributed by atoms with Crippen LogP contribution in [0.4, 0.5) is 13.2 Å². The first-order valence-corrected chi connectivity index (χ1v) is 5.18. The molecule has 1 aromatic heterocycles. The lowest BCUT2D eigenvalue weighted by Gasteiger charge is -2.08. The smallest absolute Gasteiger partial charge is 0.369 e. The van der Waals surface area contributed by atoms with Crippen molar-refractivity contribution in [1.29, 1.82) is 0 Å². The van der Waals surface area contributed by atoms with Gasteiger partial charge in [-0.2, -0.15) is 13.2 Å². The van der Waals surface area contributed by atoms with Gasteiger partial charge in [0.25, 0.3) is 0 Å². The minimum absolute atomic E-state index is 0.333. The Bertz CT molecular complexity index is 377. The van der Waals surface area contributed by atoms with E-state index in [0.29, 0.717) is 5.03 Å². The number of rotatable bonds is 3. The molecule has 0 radical (unpaired) electrons. The second-order valence-electron chi connectivity index (χ2n) is 3.05. The molecular weight excluding hydrogens is 241 g/mol. The van der Waals surface area contributed by atoms with Gasteiger partial charge < -0.3 is 5.73 Å². The SMILES string of the molecule is CC(Sc1ccc(C(F)(F)F)cn1)C(N)=O. The molecule has 0 aromatic carbocycles. The van der Waals surface area contributed by atoms with E-state index < -0.39 is 22.9 Å². The van der Waals surface area contributed by atoms with Crippen LogP contribution in [0.3, 0.4) is 0 Å². The van der Waals surface area contributed by atoms with Gasteiger partial charge >= 0.3 is 6.18 Å². The fraction of sp³-hybridized carbons (Fsp3) is 0.333. The zero-order valence-electron chi connectivity index (χ0n) is 8.28. The van der Waals surface area contributed by atoms with E-state index >= 15 is 0 Å². The third kappa shape index (κ3) is 3.41. The molecule has 0 saturated carbocycles. The number of thioether (sulfide) groups is 1. The lowest BCUT2D eigenvalue weighted by atomic mass is 10.3. The summed E-state index contributed by atoms with van der Waals surface area (Å²) in [5, 5.41) is -0.191. The van der Waals surface area contributed by atoms with Crippen molar-refractivity contribution in [3.63, 3.8) is 0 Å². The number of nitrogens with zero attached hydrogens (tertiary/aromatic N) is 1. The van der Waals surface area contributed by atoms with Crippen LogP contribution in [0, 0.1) is 0 Å². The first kappa shape index (κ1) is 12.8. The van der Waals surface area contributed by atoms with Gasteiger partial charge in [0, 0.05) is 6.20 Å². The Kier molecular flexibility index (Phi) is 3.79. The second-order valence-corrected chi connectivity index (χ2v) is 4.41. The van der Waals surface area contributed by atoms with Gasteiger partial charge in [0.05, 0.1) is 15.8 Å². The molecule has 0 aliphatic heterocycles. The molecular formula is C9H9F3N2OS. The van der Waals surface area contributed by atoms with Gasteiger partial charge in [-0.3, -0.25) is 4.79 Å². The Labute approximate surface area is 94.2 Å². The van der Waals surface area contributed by atoms with E-state index in [1.807, 2.05) is 0 Å². The highest BCUT2D eigenvalue weighted by Crippen LogP contribution is 2.30. The highest BCUT2D eigenvalue weighted by molar-refractivity contribution is 8.00. The van der Waals surface area contributed by atoms with Crippen molar-refractivity contribution >= 4 is 17.7 Å². The molecule has 1 unspecified atom stereocenters. The van der Waals surface area contributed by atoms with Crippen LogP contribution in [0.2, 0.25) is 0 Å². The summed E-state index contributed by atoms with van der Waals surface area (Å²) in [7, 11) is 0. The summed E-state index contributed by atoms with van der Waals surface area (Å²) in [6.45, 7) is 1.56. The van der Waals surface area contributed by atoms with Crippen molar-refractivity contribution in [2.45, 2.75) is 23.4 Å². The fourth-order valence-electron chi connectivity index (χ4n) is 0.857. The Morgan fingerprint density at radius 3 is 2.50 bits per heavy atom. The van der Waals surface area contributed by atoms with Crippen LogP contribution in [0.15, 0.2) is 23.4 Å². The van der Waals surface area contributed by atoms with E-state index in [0.717, 1.165) is 24.0 Å². The predicted molar refractivity (Wildman–Crippen MR) is 53.8 cm³/mol. The summed E-state index contributed by atoms with van der Waals surface area (Å²) in [6, 6.07) is 2.13. The third-order valence-corrected chi connectivity index (χ3v) is 2.83. The minimum Gasteiger partial charge on any atom is -0.369 e. The number of hydrogen-bond donors (Lipinski definition) is 1. The van der Waals surface area contributed by atoms with E-state index in [9.17, 15) is 18.0 Å². The second kappa shape index (κ2) is 4.73. The minimum atomic E-state index is -4.40. The summed E-state index contributed by atoms with van der Waals surface area (Å²) in [5.41, 5.74) is 4.20. The molecule has 1 amide bonds. The fourth-order valence-corrected chi connectivity index (χ4v) is 1.60. The normalized spacial score (nSPS) is 13.5. The molecule has 0 bridgehead atoms. The molecule has 7 heteroatoms. The molecule has 1 rings (SSSR count). The van der Waals surface area contributed by atoms with Gasteiger partial charge in [0.15, 0.2) is 0 Å². The number of hydrogen-bond acceptors (Lipinski definition) is 3. The number of alkyl halides is 3. The van der Waals surface area contributed by atoms with Gasteiger partial charge in [-0.25, -0.2) is 4.98 Å². The average molecular weight is 250 g/mol. The van der Waals surface area contributed by atoms with Crippen molar-refractivity contribution in [1.82, 2.24) is 4.98 Å². The molecule has 0 saturated heterocycles. The Hall–Kier alpha value is -1.24. The molecule has 16 heavy (non-hydrogen) atoms. The van der Waals surface area contributed by atoms with Gasteiger partial charge in [0.1, 0.15) is 0 Å². The highest BCUT2D eigenvalue weighted by atomic mass is 32.2. The van der Waals surface area contributed by atoms with Gasteiger partial charge in [-0.1, -0.05) is 11.8 Å². The highest BCUT2D eigenvalue weighted by Gasteiger charge is 2.30. The number of nitrogens with two attached hydrogens (primary N) is 1. The average Bonchev–Trinajstić information content (AvgIpc) is 2.17. The van der Waals surface area contributed by atoms with E-state index in [1.54, 1.807) is 6.92 Å². The maximum atomic E-state index is 12.2. The first-order valence-electron chi connectivity index (χ1n) is 4.30. The van der Waals surface area contributed by atoms with Gasteiger partial charge in [0.2, 0.25) is 5.91 Å². The molecule has 88 valence electrons. The van der Waals surface area contributed by atoms with E-state index in [-0.39, 0.29) is 0 Å². The summed E-state index contributed by atoms with van der Waals surface area (Å²) >= 11 is 1.02. The molecule has 0 fully saturated rings. The van der Waals surface area contributed by atoms with E-state index in [4.69, 9.17) is 5.73 Å². The molecule has 0 aliphatic rings. The third-order valence-electron chi connectivity index (χ3n) is 1.76. The Morgan fingerprint density at radius 1 is 1.50 bits per heavy atom. The van der Waals surface area contributed by atoms with Crippen LogP contribution in [0.25, 0.3) is 0 Å². The summed E-state index contributed by atoms with van der Waals surface area (Å²) in [4.78, 5) is 14.3. The van der Waals surface area contributed by atoms with Crippen molar-refractivity contribution in [3.8, 4) is 0 Å². The molecule has 1 atom stereocenters. The van der Waals surface area contributed by atoms with Crippen LogP contribution in [0.5, 0.6) is 0 Å². The van der Waals surface area contributed by atoms with Crippen LogP contribution in [0.1, 0.15) is 12.5 Å². The number of halogens is 3. The molecule has 0 aliphatic carbocycles. The maximum Gasteiger partial charge on any atom is 0.417 e. The van der Waals surface area contributed by atoms with Crippen molar-refractivity contribution in [3.05, 3.63) is 23.9 Å². The topological polar surface area (TPSA) is 56.0 Å². The predicted octanol–water partition coefficient (Wildman–Crippen LogP) is 2.07. The van der Waals surface area contributed by atoms with Crippen LogP contribution in [-0.2, 0) is 11.0 Å². The number of primary amides is 1. The number of aromatic nitrogens is 1. The molecule has 1 aromatic rings. The lowest BCUT2D eigenvalue weighted by Crippen LogP contribution is -2.22. The van der Waals surface area contributed by atoms with Crippen molar-refractivity contribution in [2.24, 2.45) is 5.73 Å². The quantitative estimate of drug-likeness (QED) is 0.835. The Balaban J connectivity index is 2.76. The van der Waals surface area contributed by atoms with Crippen molar-refractivity contribution < 1.29 is 18.0 Å². The first-order chi connectivity index (χ1) is 7.30.